The molecule has 0 saturated heterocycles. The second-order valence-electron chi connectivity index (χ2n) is 4.10. The van der Waals surface area contributed by atoms with Crippen molar-refractivity contribution >= 4 is 12.0 Å². The lowest BCUT2D eigenvalue weighted by Gasteiger charge is -2.07. The van der Waals surface area contributed by atoms with Gasteiger partial charge in [0, 0.05) is 19.2 Å². The van der Waals surface area contributed by atoms with Crippen molar-refractivity contribution in [3.63, 3.8) is 0 Å². The average Bonchev–Trinajstić information content (AvgIpc) is 2.42. The van der Waals surface area contributed by atoms with Crippen LogP contribution in [0.4, 0.5) is 0 Å². The number of carbonyl (C=O) groups is 1. The number of nitrogens with zero attached hydrogens (tertiary/aromatic N) is 1. The lowest BCUT2D eigenvalue weighted by atomic mass is 10.1. The van der Waals surface area contributed by atoms with Gasteiger partial charge >= 0.3 is 0 Å². The number of hydrogen-bond donors (Lipinski definition) is 2. The quantitative estimate of drug-likeness (QED) is 0.767. The minimum absolute atomic E-state index is 0.0456. The van der Waals surface area contributed by atoms with Gasteiger partial charge in [0.05, 0.1) is 11.6 Å². The fourth-order valence-electron chi connectivity index (χ4n) is 1.28. The minimum atomic E-state index is -0.210. The zero-order valence-electron chi connectivity index (χ0n) is 10.3. The molecular weight excluding hydrogens is 228 g/mol. The summed E-state index contributed by atoms with van der Waals surface area (Å²) in [4.78, 5) is 11.4. The molecule has 18 heavy (non-hydrogen) atoms. The molecule has 0 aliphatic carbocycles. The highest BCUT2D eigenvalue weighted by Crippen LogP contribution is 2.05. The standard InChI is InChI=1S/C14H16N2O2/c1-11(10-17)9-16-14(18)6-5-12-3-2-4-13(7-12)8-15/h2-7,11,17H,9-10H2,1H3,(H,16,18)/b6-5+. The summed E-state index contributed by atoms with van der Waals surface area (Å²) in [7, 11) is 0. The van der Waals surface area contributed by atoms with Crippen molar-refractivity contribution in [3.05, 3.63) is 41.5 Å². The van der Waals surface area contributed by atoms with E-state index in [1.54, 1.807) is 24.3 Å². The Balaban J connectivity index is 2.53. The van der Waals surface area contributed by atoms with Gasteiger partial charge in [-0.05, 0) is 29.7 Å². The maximum atomic E-state index is 11.4. The van der Waals surface area contributed by atoms with E-state index in [0.29, 0.717) is 12.1 Å². The number of nitriles is 1. The summed E-state index contributed by atoms with van der Waals surface area (Å²) >= 11 is 0. The number of nitrogens with one attached hydrogen (secondary N) is 1. The number of carbonyl (C=O) groups excluding carboxylic acids is 1. The fourth-order valence-corrected chi connectivity index (χ4v) is 1.28. The molecule has 1 atom stereocenters. The third-order valence-corrected chi connectivity index (χ3v) is 2.38. The maximum Gasteiger partial charge on any atom is 0.244 e. The van der Waals surface area contributed by atoms with Crippen molar-refractivity contribution in [2.75, 3.05) is 13.2 Å². The van der Waals surface area contributed by atoms with Crippen molar-refractivity contribution in [2.24, 2.45) is 5.92 Å². The predicted molar refractivity (Wildman–Crippen MR) is 69.5 cm³/mol. The highest BCUT2D eigenvalue weighted by atomic mass is 16.3. The molecule has 94 valence electrons. The van der Waals surface area contributed by atoms with Crippen LogP contribution in [0.2, 0.25) is 0 Å². The van der Waals surface area contributed by atoms with Crippen LogP contribution in [0.5, 0.6) is 0 Å². The molecule has 0 saturated carbocycles. The summed E-state index contributed by atoms with van der Waals surface area (Å²) in [5.74, 6) is -0.165. The van der Waals surface area contributed by atoms with Gasteiger partial charge in [0.15, 0.2) is 0 Å². The molecule has 4 nitrogen and oxygen atoms in total. The van der Waals surface area contributed by atoms with E-state index in [4.69, 9.17) is 10.4 Å². The molecule has 0 spiro atoms. The molecule has 0 aliphatic rings. The van der Waals surface area contributed by atoms with E-state index in [-0.39, 0.29) is 18.4 Å². The molecule has 1 rings (SSSR count). The van der Waals surface area contributed by atoms with E-state index in [2.05, 4.69) is 5.32 Å². The van der Waals surface area contributed by atoms with Crippen LogP contribution in [-0.4, -0.2) is 24.2 Å². The molecular formula is C14H16N2O2. The van der Waals surface area contributed by atoms with Crippen LogP contribution in [-0.2, 0) is 4.79 Å². The first-order chi connectivity index (χ1) is 8.65. The van der Waals surface area contributed by atoms with Crippen molar-refractivity contribution in [1.82, 2.24) is 5.32 Å². The predicted octanol–water partition coefficient (Wildman–Crippen LogP) is 1.32. The molecule has 0 bridgehead atoms. The minimum Gasteiger partial charge on any atom is -0.396 e. The van der Waals surface area contributed by atoms with E-state index >= 15 is 0 Å². The van der Waals surface area contributed by atoms with Crippen molar-refractivity contribution in [1.29, 1.82) is 5.26 Å². The normalized spacial score (nSPS) is 12.1. The van der Waals surface area contributed by atoms with Crippen LogP contribution in [0.1, 0.15) is 18.1 Å². The molecule has 4 heteroatoms. The lowest BCUT2D eigenvalue weighted by Crippen LogP contribution is -2.27. The first kappa shape index (κ1) is 13.9. The van der Waals surface area contributed by atoms with Gasteiger partial charge in [-0.2, -0.15) is 5.26 Å². The number of aliphatic hydroxyl groups excluding tert-OH is 1. The third kappa shape index (κ3) is 4.81. The summed E-state index contributed by atoms with van der Waals surface area (Å²) in [5.41, 5.74) is 1.37. The maximum absolute atomic E-state index is 11.4. The van der Waals surface area contributed by atoms with Crippen LogP contribution in [0.3, 0.4) is 0 Å². The van der Waals surface area contributed by atoms with Gasteiger partial charge in [0.2, 0.25) is 5.91 Å². The van der Waals surface area contributed by atoms with E-state index in [9.17, 15) is 4.79 Å². The van der Waals surface area contributed by atoms with E-state index in [1.165, 1.54) is 6.08 Å². The molecule has 0 aliphatic heterocycles. The molecule has 0 radical (unpaired) electrons. The van der Waals surface area contributed by atoms with Gasteiger partial charge in [0.25, 0.3) is 0 Å². The molecule has 1 aromatic rings. The Hall–Kier alpha value is -2.12. The highest BCUT2D eigenvalue weighted by Gasteiger charge is 2.01. The first-order valence-corrected chi connectivity index (χ1v) is 5.72. The monoisotopic (exact) mass is 244 g/mol. The van der Waals surface area contributed by atoms with Crippen molar-refractivity contribution in [3.8, 4) is 6.07 Å². The summed E-state index contributed by atoms with van der Waals surface area (Å²) < 4.78 is 0. The Kier molecular flexibility index (Phi) is 5.62. The SMILES string of the molecule is CC(CO)CNC(=O)/C=C/c1cccc(C#N)c1. The van der Waals surface area contributed by atoms with Crippen LogP contribution in [0.15, 0.2) is 30.3 Å². The van der Waals surface area contributed by atoms with Gasteiger partial charge in [-0.25, -0.2) is 0 Å². The summed E-state index contributed by atoms with van der Waals surface area (Å²) in [5, 5.41) is 20.2. The van der Waals surface area contributed by atoms with Crippen molar-refractivity contribution in [2.45, 2.75) is 6.92 Å². The topological polar surface area (TPSA) is 73.1 Å². The van der Waals surface area contributed by atoms with Gasteiger partial charge < -0.3 is 10.4 Å². The molecule has 2 N–H and O–H groups in total. The fraction of sp³-hybridized carbons (Fsp3) is 0.286. The van der Waals surface area contributed by atoms with E-state index in [1.807, 2.05) is 19.1 Å². The van der Waals surface area contributed by atoms with E-state index in [0.717, 1.165) is 5.56 Å². The first-order valence-electron chi connectivity index (χ1n) is 5.72. The van der Waals surface area contributed by atoms with Crippen LogP contribution in [0, 0.1) is 17.2 Å². The number of aliphatic hydroxyl groups is 1. The summed E-state index contributed by atoms with van der Waals surface area (Å²) in [6.45, 7) is 2.34. The number of hydrogen-bond acceptors (Lipinski definition) is 3. The zero-order valence-corrected chi connectivity index (χ0v) is 10.3. The van der Waals surface area contributed by atoms with Gasteiger partial charge in [-0.3, -0.25) is 4.79 Å². The average molecular weight is 244 g/mol. The van der Waals surface area contributed by atoms with Crippen molar-refractivity contribution < 1.29 is 9.90 Å². The summed E-state index contributed by atoms with van der Waals surface area (Å²) in [6, 6.07) is 9.05. The third-order valence-electron chi connectivity index (χ3n) is 2.38. The van der Waals surface area contributed by atoms with Gasteiger partial charge in [-0.1, -0.05) is 19.1 Å². The van der Waals surface area contributed by atoms with Gasteiger partial charge in [0.1, 0.15) is 0 Å². The highest BCUT2D eigenvalue weighted by molar-refractivity contribution is 5.91. The summed E-state index contributed by atoms with van der Waals surface area (Å²) in [6.07, 6.45) is 3.07. The number of rotatable bonds is 5. The molecule has 0 aromatic heterocycles. The number of benzene rings is 1. The zero-order chi connectivity index (χ0) is 13.4. The molecule has 1 unspecified atom stereocenters. The number of amides is 1. The lowest BCUT2D eigenvalue weighted by molar-refractivity contribution is -0.116. The van der Waals surface area contributed by atoms with Gasteiger partial charge in [-0.15, -0.1) is 0 Å². The van der Waals surface area contributed by atoms with E-state index < -0.39 is 0 Å². The largest absolute Gasteiger partial charge is 0.396 e. The Bertz CT molecular complexity index is 475. The Morgan fingerprint density at radius 2 is 2.39 bits per heavy atom. The molecule has 0 fully saturated rings. The van der Waals surface area contributed by atoms with Crippen LogP contribution >= 0.6 is 0 Å². The second kappa shape index (κ2) is 7.25. The molecule has 1 amide bonds. The second-order valence-corrected chi connectivity index (χ2v) is 4.10. The smallest absolute Gasteiger partial charge is 0.244 e. The molecule has 1 aromatic carbocycles. The van der Waals surface area contributed by atoms with Crippen LogP contribution in [0.25, 0.3) is 6.08 Å². The molecule has 0 heterocycles. The van der Waals surface area contributed by atoms with Crippen LogP contribution < -0.4 is 5.32 Å². The Labute approximate surface area is 107 Å². The Morgan fingerprint density at radius 1 is 1.61 bits per heavy atom. The Morgan fingerprint density at radius 3 is 3.06 bits per heavy atom.